The van der Waals surface area contributed by atoms with Gasteiger partial charge in [0, 0.05) is 7.05 Å². The summed E-state index contributed by atoms with van der Waals surface area (Å²) in [6.45, 7) is 0. The van der Waals surface area contributed by atoms with Crippen LogP contribution in [0.5, 0.6) is 0 Å². The van der Waals surface area contributed by atoms with Gasteiger partial charge in [0.05, 0.1) is 7.11 Å². The Morgan fingerprint density at radius 3 is 2.29 bits per heavy atom. The van der Waals surface area contributed by atoms with E-state index < -0.39 is 0 Å². The molecule has 4 heteroatoms. The molecule has 38 valence electrons. The number of rotatable bonds is 0. The second-order valence-electron chi connectivity index (χ2n) is 0.742. The predicted octanol–water partition coefficient (Wildman–Crippen LogP) is -2.75. The van der Waals surface area contributed by atoms with Gasteiger partial charge in [-0.3, -0.25) is 0 Å². The van der Waals surface area contributed by atoms with E-state index in [9.17, 15) is 0 Å². The second-order valence-corrected chi connectivity index (χ2v) is 1.11. The number of hydrogen-bond acceptors (Lipinski definition) is 2. The maximum absolute atomic E-state index is 4.52. The van der Waals surface area contributed by atoms with Gasteiger partial charge >= 0.3 is 29.6 Å². The van der Waals surface area contributed by atoms with Gasteiger partial charge in [-0.2, -0.15) is 0 Å². The number of hydrogen-bond donors (Lipinski definition) is 1. The van der Waals surface area contributed by atoms with Crippen LogP contribution in [0.1, 0.15) is 1.43 Å². The van der Waals surface area contributed by atoms with Crippen molar-refractivity contribution in [2.24, 2.45) is 0 Å². The van der Waals surface area contributed by atoms with Crippen LogP contribution in [-0.2, 0) is 4.74 Å². The van der Waals surface area contributed by atoms with Crippen molar-refractivity contribution in [1.29, 1.82) is 0 Å². The molecule has 0 aromatic heterocycles. The van der Waals surface area contributed by atoms with E-state index in [0.717, 1.165) is 0 Å². The van der Waals surface area contributed by atoms with Crippen LogP contribution < -0.4 is 34.9 Å². The average Bonchev–Trinajstić information content (AvgIpc) is 1.65. The molecular formula is C3H8NNaOS. The first kappa shape index (κ1) is 10.6. The first-order chi connectivity index (χ1) is 2.81. The molecule has 0 spiro atoms. The molecule has 0 atom stereocenters. The van der Waals surface area contributed by atoms with Crippen molar-refractivity contribution in [3.63, 3.8) is 0 Å². The molecule has 0 radical (unpaired) electrons. The van der Waals surface area contributed by atoms with Crippen LogP contribution >= 0.6 is 12.2 Å². The van der Waals surface area contributed by atoms with Gasteiger partial charge in [-0.15, -0.1) is 0 Å². The van der Waals surface area contributed by atoms with Gasteiger partial charge in [-0.25, -0.2) is 0 Å². The van der Waals surface area contributed by atoms with Gasteiger partial charge in [0.2, 0.25) is 0 Å². The van der Waals surface area contributed by atoms with Crippen LogP contribution in [0, 0.1) is 0 Å². The maximum Gasteiger partial charge on any atom is 1.00 e. The topological polar surface area (TPSA) is 21.3 Å². The molecule has 0 heterocycles. The van der Waals surface area contributed by atoms with Crippen molar-refractivity contribution in [3.8, 4) is 0 Å². The van der Waals surface area contributed by atoms with Crippen LogP contribution in [0.25, 0.3) is 0 Å². The Morgan fingerprint density at radius 2 is 2.29 bits per heavy atom. The number of methoxy groups -OCH3 is 1. The van der Waals surface area contributed by atoms with E-state index in [2.05, 4.69) is 22.3 Å². The van der Waals surface area contributed by atoms with Gasteiger partial charge in [0.1, 0.15) is 0 Å². The van der Waals surface area contributed by atoms with E-state index in [1.54, 1.807) is 7.05 Å². The number of nitrogens with one attached hydrogen (secondary N) is 1. The van der Waals surface area contributed by atoms with E-state index in [1.165, 1.54) is 7.11 Å². The summed E-state index contributed by atoms with van der Waals surface area (Å²) in [5.41, 5.74) is 0. The zero-order valence-corrected chi connectivity index (χ0v) is 7.63. The zero-order chi connectivity index (χ0) is 4.99. The van der Waals surface area contributed by atoms with E-state index >= 15 is 0 Å². The SMILES string of the molecule is CNC(=S)OC.[H-].[Na+]. The summed E-state index contributed by atoms with van der Waals surface area (Å²) in [6, 6.07) is 0. The predicted molar refractivity (Wildman–Crippen MR) is 29.8 cm³/mol. The van der Waals surface area contributed by atoms with Gasteiger partial charge in [0.25, 0.3) is 5.17 Å². The minimum absolute atomic E-state index is 0. The molecule has 0 aliphatic heterocycles. The molecule has 0 aromatic rings. The molecule has 2 nitrogen and oxygen atoms in total. The third-order valence-electron chi connectivity index (χ3n) is 0.390. The van der Waals surface area contributed by atoms with E-state index in [0.29, 0.717) is 5.17 Å². The first-order valence-electron chi connectivity index (χ1n) is 1.57. The molecule has 0 aliphatic carbocycles. The molecule has 0 rings (SSSR count). The molecule has 0 bridgehead atoms. The minimum Gasteiger partial charge on any atom is -1.00 e. The van der Waals surface area contributed by atoms with Crippen LogP contribution in [0.2, 0.25) is 0 Å². The van der Waals surface area contributed by atoms with Crippen LogP contribution in [0.15, 0.2) is 0 Å². The summed E-state index contributed by atoms with van der Waals surface area (Å²) in [7, 11) is 3.24. The largest absolute Gasteiger partial charge is 1.00 e. The molecule has 1 N–H and O–H groups in total. The second kappa shape index (κ2) is 6.69. The van der Waals surface area contributed by atoms with Crippen LogP contribution in [0.4, 0.5) is 0 Å². The Hall–Kier alpha value is 0.690. The van der Waals surface area contributed by atoms with Crippen molar-refractivity contribution >= 4 is 17.4 Å². The van der Waals surface area contributed by atoms with Crippen molar-refractivity contribution in [1.82, 2.24) is 5.32 Å². The van der Waals surface area contributed by atoms with E-state index in [-0.39, 0.29) is 31.0 Å². The fraction of sp³-hybridized carbons (Fsp3) is 0.667. The molecular weight excluding hydrogens is 121 g/mol. The molecule has 0 saturated heterocycles. The Bertz CT molecular complexity index is 57.2. The first-order valence-corrected chi connectivity index (χ1v) is 1.97. The molecule has 7 heavy (non-hydrogen) atoms. The van der Waals surface area contributed by atoms with Crippen molar-refractivity contribution in [2.45, 2.75) is 0 Å². The van der Waals surface area contributed by atoms with Crippen LogP contribution in [-0.4, -0.2) is 19.3 Å². The van der Waals surface area contributed by atoms with Gasteiger partial charge in [-0.1, -0.05) is 0 Å². The molecule has 0 fully saturated rings. The van der Waals surface area contributed by atoms with Gasteiger partial charge < -0.3 is 11.5 Å². The maximum atomic E-state index is 4.52. The summed E-state index contributed by atoms with van der Waals surface area (Å²) in [4.78, 5) is 0. The Labute approximate surface area is 72.4 Å². The summed E-state index contributed by atoms with van der Waals surface area (Å²) in [5.74, 6) is 0. The van der Waals surface area contributed by atoms with Crippen LogP contribution in [0.3, 0.4) is 0 Å². The molecule has 0 saturated carbocycles. The fourth-order valence-corrected chi connectivity index (χ4v) is 0.102. The van der Waals surface area contributed by atoms with Gasteiger partial charge in [0.15, 0.2) is 0 Å². The van der Waals surface area contributed by atoms with Gasteiger partial charge in [-0.05, 0) is 12.2 Å². The molecule has 0 aromatic carbocycles. The molecule has 0 unspecified atom stereocenters. The fourth-order valence-electron chi connectivity index (χ4n) is 0.102. The quantitative estimate of drug-likeness (QED) is 0.283. The Morgan fingerprint density at radius 1 is 1.86 bits per heavy atom. The van der Waals surface area contributed by atoms with E-state index in [1.807, 2.05) is 0 Å². The average molecular weight is 129 g/mol. The zero-order valence-electron chi connectivity index (χ0n) is 5.82. The molecule has 0 amide bonds. The van der Waals surface area contributed by atoms with E-state index in [4.69, 9.17) is 0 Å². The van der Waals surface area contributed by atoms with Crippen molar-refractivity contribution < 1.29 is 35.7 Å². The number of thiocarbonyl (C=S) groups is 1. The third-order valence-corrected chi connectivity index (χ3v) is 0.760. The third kappa shape index (κ3) is 6.69. The van der Waals surface area contributed by atoms with Crippen molar-refractivity contribution in [3.05, 3.63) is 0 Å². The summed E-state index contributed by atoms with van der Waals surface area (Å²) >= 11 is 4.52. The summed E-state index contributed by atoms with van der Waals surface area (Å²) < 4.78 is 4.52. The smallest absolute Gasteiger partial charge is 1.00 e. The molecule has 0 aliphatic rings. The summed E-state index contributed by atoms with van der Waals surface area (Å²) in [6.07, 6.45) is 0. The Balaban J connectivity index is -0.000000125. The number of ether oxygens (including phenoxy) is 1. The standard InChI is InChI=1S/C3H7NOS.Na.H/c1-4-3(6)5-2;;/h1-2H3,(H,4,6);;/q;+1;-1. The summed E-state index contributed by atoms with van der Waals surface area (Å²) in [5, 5.41) is 3.05. The monoisotopic (exact) mass is 129 g/mol. The minimum atomic E-state index is 0. The van der Waals surface area contributed by atoms with Crippen molar-refractivity contribution in [2.75, 3.05) is 14.2 Å². The normalized spacial score (nSPS) is 6.00. The Kier molecular flexibility index (Phi) is 10.2.